The van der Waals surface area contributed by atoms with Gasteiger partial charge in [-0.1, -0.05) is 0 Å². The topological polar surface area (TPSA) is 88.3 Å². The molecule has 0 spiro atoms. The van der Waals surface area contributed by atoms with Crippen molar-refractivity contribution < 1.29 is 10.0 Å². The van der Waals surface area contributed by atoms with E-state index in [4.69, 9.17) is 5.11 Å². The number of rotatable bonds is 4. The Hall–Kier alpha value is -0.960. The highest BCUT2D eigenvalue weighted by molar-refractivity contribution is 14.1. The number of hydrogen-bond acceptors (Lipinski definition) is 5. The van der Waals surface area contributed by atoms with E-state index in [2.05, 4.69) is 10.3 Å². The predicted octanol–water partition coefficient (Wildman–Crippen LogP) is 1.39. The maximum Gasteiger partial charge on any atom is 0.311 e. The number of aliphatic hydroxyl groups excluding tert-OH is 1. The van der Waals surface area contributed by atoms with Crippen LogP contribution in [0, 0.1) is 13.7 Å². The summed E-state index contributed by atoms with van der Waals surface area (Å²) in [4.78, 5) is 13.9. The minimum atomic E-state index is -0.562. The fourth-order valence-corrected chi connectivity index (χ4v) is 1.62. The van der Waals surface area contributed by atoms with E-state index in [9.17, 15) is 10.1 Å². The maximum absolute atomic E-state index is 10.7. The van der Waals surface area contributed by atoms with Gasteiger partial charge in [-0.3, -0.25) is 15.1 Å². The molecule has 0 fully saturated rings. The quantitative estimate of drug-likeness (QED) is 0.497. The van der Waals surface area contributed by atoms with E-state index in [0.717, 1.165) is 0 Å². The molecular weight excluding hydrogens is 313 g/mol. The lowest BCUT2D eigenvalue weighted by Crippen LogP contribution is -2.16. The third kappa shape index (κ3) is 3.27. The summed E-state index contributed by atoms with van der Waals surface area (Å²) in [6, 6.07) is 0. The van der Waals surface area contributed by atoms with Crippen LogP contribution in [0.25, 0.3) is 0 Å². The summed E-state index contributed by atoms with van der Waals surface area (Å²) in [5.74, 6) is 0. The lowest BCUT2D eigenvalue weighted by Gasteiger charge is -2.09. The first-order valence-corrected chi connectivity index (χ1v) is 5.30. The van der Waals surface area contributed by atoms with Crippen LogP contribution in [0.2, 0.25) is 0 Å². The number of pyridine rings is 1. The molecule has 1 aromatic rings. The Morgan fingerprint density at radius 1 is 1.73 bits per heavy atom. The van der Waals surface area contributed by atoms with Crippen LogP contribution in [0.3, 0.4) is 0 Å². The smallest absolute Gasteiger partial charge is 0.311 e. The van der Waals surface area contributed by atoms with E-state index in [1.165, 1.54) is 12.4 Å². The summed E-state index contributed by atoms with van der Waals surface area (Å²) in [5.41, 5.74) is 0.319. The monoisotopic (exact) mass is 323 g/mol. The van der Waals surface area contributed by atoms with Crippen molar-refractivity contribution in [1.82, 2.24) is 4.98 Å². The third-order valence-electron chi connectivity index (χ3n) is 1.65. The summed E-state index contributed by atoms with van der Waals surface area (Å²) in [6.07, 6.45) is 2.15. The molecule has 0 aliphatic heterocycles. The molecule has 1 heterocycles. The van der Waals surface area contributed by atoms with Crippen LogP contribution in [0.4, 0.5) is 11.4 Å². The van der Waals surface area contributed by atoms with Gasteiger partial charge in [0.15, 0.2) is 0 Å². The first kappa shape index (κ1) is 12.1. The lowest BCUT2D eigenvalue weighted by molar-refractivity contribution is -0.384. The SMILES string of the molecule is C[C@@H](O)CNc1c(I)cncc1[N+](=O)[O-]. The second kappa shape index (κ2) is 5.21. The van der Waals surface area contributed by atoms with Crippen molar-refractivity contribution in [1.29, 1.82) is 0 Å². The molecule has 0 aliphatic rings. The lowest BCUT2D eigenvalue weighted by atomic mass is 10.3. The number of nitrogens with zero attached hydrogens (tertiary/aromatic N) is 2. The number of nitro groups is 1. The molecule has 0 saturated carbocycles. The highest BCUT2D eigenvalue weighted by Gasteiger charge is 2.17. The van der Waals surface area contributed by atoms with E-state index < -0.39 is 11.0 Å². The predicted molar refractivity (Wildman–Crippen MR) is 63.8 cm³/mol. The molecule has 1 atom stereocenters. The van der Waals surface area contributed by atoms with E-state index in [1.807, 2.05) is 22.6 Å². The first-order chi connectivity index (χ1) is 7.02. The summed E-state index contributed by atoms with van der Waals surface area (Å²) >= 11 is 1.96. The zero-order chi connectivity index (χ0) is 11.4. The molecule has 0 radical (unpaired) electrons. The molecule has 1 aromatic heterocycles. The van der Waals surface area contributed by atoms with Crippen molar-refractivity contribution in [2.45, 2.75) is 13.0 Å². The number of aromatic nitrogens is 1. The number of aliphatic hydroxyl groups is 1. The van der Waals surface area contributed by atoms with E-state index in [1.54, 1.807) is 6.92 Å². The second-order valence-corrected chi connectivity index (χ2v) is 4.16. The molecule has 15 heavy (non-hydrogen) atoms. The highest BCUT2D eigenvalue weighted by Crippen LogP contribution is 2.27. The molecule has 0 bridgehead atoms. The minimum Gasteiger partial charge on any atom is -0.392 e. The molecular formula is C8H10IN3O3. The molecule has 2 N–H and O–H groups in total. The molecule has 0 aliphatic carbocycles. The van der Waals surface area contributed by atoms with Gasteiger partial charge in [-0.15, -0.1) is 0 Å². The summed E-state index contributed by atoms with van der Waals surface area (Å²) in [6.45, 7) is 1.87. The standard InChI is InChI=1S/C8H10IN3O3/c1-5(13)2-11-8-6(9)3-10-4-7(8)12(14)15/h3-5,13H,2H2,1H3,(H,10,11)/t5-/m1/s1. The van der Waals surface area contributed by atoms with Crippen LogP contribution in [-0.2, 0) is 0 Å². The Morgan fingerprint density at radius 2 is 2.40 bits per heavy atom. The minimum absolute atomic E-state index is 0.0810. The largest absolute Gasteiger partial charge is 0.392 e. The van der Waals surface area contributed by atoms with E-state index in [0.29, 0.717) is 9.26 Å². The average molecular weight is 323 g/mol. The molecule has 0 amide bonds. The maximum atomic E-state index is 10.7. The fourth-order valence-electron chi connectivity index (χ4n) is 0.988. The zero-order valence-corrected chi connectivity index (χ0v) is 10.1. The van der Waals surface area contributed by atoms with Crippen molar-refractivity contribution in [2.75, 3.05) is 11.9 Å². The van der Waals surface area contributed by atoms with Gasteiger partial charge in [0.2, 0.25) is 0 Å². The second-order valence-electron chi connectivity index (χ2n) is 3.00. The van der Waals surface area contributed by atoms with E-state index in [-0.39, 0.29) is 12.2 Å². The van der Waals surface area contributed by atoms with Crippen LogP contribution in [-0.4, -0.2) is 27.7 Å². The Morgan fingerprint density at radius 3 is 2.93 bits per heavy atom. The zero-order valence-electron chi connectivity index (χ0n) is 7.98. The fraction of sp³-hybridized carbons (Fsp3) is 0.375. The number of halogens is 1. The van der Waals surface area contributed by atoms with Crippen molar-refractivity contribution in [2.24, 2.45) is 0 Å². The van der Waals surface area contributed by atoms with Gasteiger partial charge in [0, 0.05) is 12.7 Å². The van der Waals surface area contributed by atoms with Crippen LogP contribution in [0.5, 0.6) is 0 Å². The molecule has 0 saturated heterocycles. The van der Waals surface area contributed by atoms with Crippen molar-refractivity contribution in [3.63, 3.8) is 0 Å². The molecule has 1 rings (SSSR count). The van der Waals surface area contributed by atoms with Crippen molar-refractivity contribution in [3.05, 3.63) is 26.1 Å². The highest BCUT2D eigenvalue weighted by atomic mass is 127. The van der Waals surface area contributed by atoms with Crippen LogP contribution in [0.1, 0.15) is 6.92 Å². The van der Waals surface area contributed by atoms with Gasteiger partial charge in [0.1, 0.15) is 11.9 Å². The summed E-state index contributed by atoms with van der Waals surface area (Å²) in [7, 11) is 0. The Kier molecular flexibility index (Phi) is 4.21. The van der Waals surface area contributed by atoms with Gasteiger partial charge in [0.05, 0.1) is 14.6 Å². The summed E-state index contributed by atoms with van der Waals surface area (Å²) < 4.78 is 0.655. The van der Waals surface area contributed by atoms with Gasteiger partial charge >= 0.3 is 5.69 Å². The average Bonchev–Trinajstić information content (AvgIpc) is 2.15. The number of nitrogens with one attached hydrogen (secondary N) is 1. The Bertz CT molecular complexity index is 370. The van der Waals surface area contributed by atoms with Crippen LogP contribution in [0.15, 0.2) is 12.4 Å². The Balaban J connectivity index is 2.97. The molecule has 7 heteroatoms. The van der Waals surface area contributed by atoms with Gasteiger partial charge in [-0.05, 0) is 29.5 Å². The molecule has 0 aromatic carbocycles. The van der Waals surface area contributed by atoms with Crippen LogP contribution < -0.4 is 5.32 Å². The van der Waals surface area contributed by atoms with Crippen LogP contribution >= 0.6 is 22.6 Å². The Labute approximate surface area is 100 Å². The van der Waals surface area contributed by atoms with Gasteiger partial charge in [0.25, 0.3) is 0 Å². The van der Waals surface area contributed by atoms with Gasteiger partial charge in [-0.25, -0.2) is 0 Å². The van der Waals surface area contributed by atoms with Gasteiger partial charge < -0.3 is 10.4 Å². The molecule has 82 valence electrons. The molecule has 6 nitrogen and oxygen atoms in total. The van der Waals surface area contributed by atoms with E-state index >= 15 is 0 Å². The summed E-state index contributed by atoms with van der Waals surface area (Å²) in [5, 5.41) is 22.6. The normalized spacial score (nSPS) is 12.2. The van der Waals surface area contributed by atoms with Gasteiger partial charge in [-0.2, -0.15) is 0 Å². The van der Waals surface area contributed by atoms with Crippen molar-refractivity contribution >= 4 is 34.0 Å². The number of hydrogen-bond donors (Lipinski definition) is 2. The third-order valence-corrected chi connectivity index (χ3v) is 2.47. The number of anilines is 1. The first-order valence-electron chi connectivity index (χ1n) is 4.22. The van der Waals surface area contributed by atoms with Crippen molar-refractivity contribution in [3.8, 4) is 0 Å². The molecule has 0 unspecified atom stereocenters.